The molecule has 0 amide bonds. The number of hydrogen-bond donors (Lipinski definition) is 2. The van der Waals surface area contributed by atoms with E-state index >= 15 is 0 Å². The van der Waals surface area contributed by atoms with Crippen molar-refractivity contribution in [1.82, 2.24) is 15.2 Å². The number of pyridine rings is 1. The number of hydrogen-bond acceptors (Lipinski definition) is 5. The van der Waals surface area contributed by atoms with Crippen LogP contribution in [-0.4, -0.2) is 48.0 Å². The Hall–Kier alpha value is -3.10. The molecule has 1 aliphatic rings. The highest BCUT2D eigenvalue weighted by atomic mass is 32.1. The number of methoxy groups -OCH3 is 1. The van der Waals surface area contributed by atoms with Crippen LogP contribution in [0.15, 0.2) is 53.3 Å². The second-order valence-corrected chi connectivity index (χ2v) is 8.72. The third kappa shape index (κ3) is 6.07. The third-order valence-corrected chi connectivity index (χ3v) is 6.29. The lowest BCUT2D eigenvalue weighted by Gasteiger charge is -2.27. The predicted octanol–water partition coefficient (Wildman–Crippen LogP) is 3.99. The Morgan fingerprint density at radius 3 is 2.68 bits per heavy atom. The number of thiocarbonyl (C=S) groups is 1. The molecule has 3 aromatic rings. The maximum Gasteiger partial charge on any atom is 0.253 e. The molecule has 2 N–H and O–H groups in total. The van der Waals surface area contributed by atoms with Gasteiger partial charge in [-0.05, 0) is 73.9 Å². The van der Waals surface area contributed by atoms with Gasteiger partial charge in [0.2, 0.25) is 0 Å². The average molecular weight is 482 g/mol. The van der Waals surface area contributed by atoms with Crippen LogP contribution in [0.1, 0.15) is 30.9 Å². The van der Waals surface area contributed by atoms with E-state index in [1.54, 1.807) is 7.11 Å². The molecular formula is C26H31N3O4S. The van der Waals surface area contributed by atoms with Crippen LogP contribution in [0.3, 0.4) is 0 Å². The zero-order valence-electron chi connectivity index (χ0n) is 19.6. The molecule has 1 aliphatic heterocycles. The van der Waals surface area contributed by atoms with Crippen LogP contribution in [0.25, 0.3) is 10.9 Å². The van der Waals surface area contributed by atoms with Gasteiger partial charge in [-0.1, -0.05) is 12.1 Å². The van der Waals surface area contributed by atoms with Gasteiger partial charge in [0, 0.05) is 36.2 Å². The Morgan fingerprint density at radius 1 is 1.18 bits per heavy atom. The molecule has 2 aromatic carbocycles. The van der Waals surface area contributed by atoms with E-state index in [1.165, 1.54) is 0 Å². The second kappa shape index (κ2) is 11.4. The molecule has 0 spiro atoms. The molecular weight excluding hydrogens is 450 g/mol. The van der Waals surface area contributed by atoms with Crippen molar-refractivity contribution in [3.8, 4) is 11.5 Å². The summed E-state index contributed by atoms with van der Waals surface area (Å²) in [5.41, 5.74) is 2.35. The Bertz CT molecular complexity index is 1170. The Morgan fingerprint density at radius 2 is 1.97 bits per heavy atom. The highest BCUT2D eigenvalue weighted by Gasteiger charge is 2.19. The number of aromatic nitrogens is 1. The van der Waals surface area contributed by atoms with E-state index in [4.69, 9.17) is 26.4 Å². The third-order valence-electron chi connectivity index (χ3n) is 5.89. The number of benzene rings is 2. The fourth-order valence-corrected chi connectivity index (χ4v) is 4.29. The minimum Gasteiger partial charge on any atom is -0.497 e. The molecule has 0 bridgehead atoms. The standard InChI is InChI=1S/C26H31N3O4S/c1-3-32-22-10-11-24-19(14-22)13-20(25(30)28-24)17-29(16-18-6-8-21(31-2)9-7-18)26(34)27-15-23-5-4-12-33-23/h6-11,13-14,23H,3-5,12,15-17H2,1-2H3,(H,27,34)(H,28,30)/t23-/m0/s1. The lowest BCUT2D eigenvalue weighted by Crippen LogP contribution is -2.42. The first-order valence-electron chi connectivity index (χ1n) is 11.6. The number of rotatable bonds is 9. The summed E-state index contributed by atoms with van der Waals surface area (Å²) in [5.74, 6) is 1.57. The summed E-state index contributed by atoms with van der Waals surface area (Å²) in [7, 11) is 1.65. The van der Waals surface area contributed by atoms with Gasteiger partial charge in [0.1, 0.15) is 11.5 Å². The smallest absolute Gasteiger partial charge is 0.253 e. The Labute approximate surface area is 205 Å². The second-order valence-electron chi connectivity index (χ2n) is 8.33. The molecule has 34 heavy (non-hydrogen) atoms. The first-order valence-corrected chi connectivity index (χ1v) is 12.0. The summed E-state index contributed by atoms with van der Waals surface area (Å²) in [6.07, 6.45) is 2.27. The summed E-state index contributed by atoms with van der Waals surface area (Å²) >= 11 is 5.75. The van der Waals surface area contributed by atoms with Crippen molar-refractivity contribution in [2.45, 2.75) is 39.0 Å². The molecule has 8 heteroatoms. The van der Waals surface area contributed by atoms with E-state index in [9.17, 15) is 4.79 Å². The van der Waals surface area contributed by atoms with Crippen LogP contribution >= 0.6 is 12.2 Å². The largest absolute Gasteiger partial charge is 0.497 e. The predicted molar refractivity (Wildman–Crippen MR) is 138 cm³/mol. The van der Waals surface area contributed by atoms with Crippen molar-refractivity contribution in [3.63, 3.8) is 0 Å². The molecule has 0 unspecified atom stereocenters. The molecule has 1 atom stereocenters. The van der Waals surface area contributed by atoms with Crippen molar-refractivity contribution in [2.75, 3.05) is 26.9 Å². The molecule has 1 saturated heterocycles. The van der Waals surface area contributed by atoms with E-state index in [0.717, 1.165) is 47.4 Å². The topological polar surface area (TPSA) is 75.8 Å². The SMILES string of the molecule is CCOc1ccc2[nH]c(=O)c(CN(Cc3ccc(OC)cc3)C(=S)NC[C@@H]3CCCO3)cc2c1. The Kier molecular flexibility index (Phi) is 8.03. The van der Waals surface area contributed by atoms with Crippen LogP contribution in [0, 0.1) is 0 Å². The lowest BCUT2D eigenvalue weighted by atomic mass is 10.1. The zero-order valence-corrected chi connectivity index (χ0v) is 20.5. The summed E-state index contributed by atoms with van der Waals surface area (Å²) in [6.45, 7) is 4.91. The Balaban J connectivity index is 1.57. The van der Waals surface area contributed by atoms with Gasteiger partial charge in [-0.3, -0.25) is 4.79 Å². The molecule has 0 aliphatic carbocycles. The fraction of sp³-hybridized carbons (Fsp3) is 0.385. The van der Waals surface area contributed by atoms with Crippen LogP contribution < -0.4 is 20.3 Å². The fourth-order valence-electron chi connectivity index (χ4n) is 4.08. The van der Waals surface area contributed by atoms with Crippen LogP contribution in [0.4, 0.5) is 0 Å². The number of nitrogens with zero attached hydrogens (tertiary/aromatic N) is 1. The number of H-pyrrole nitrogens is 1. The van der Waals surface area contributed by atoms with E-state index in [1.807, 2.05) is 60.4 Å². The van der Waals surface area contributed by atoms with Crippen molar-refractivity contribution in [1.29, 1.82) is 0 Å². The normalized spacial score (nSPS) is 15.3. The van der Waals surface area contributed by atoms with Crippen LogP contribution in [-0.2, 0) is 17.8 Å². The van der Waals surface area contributed by atoms with Gasteiger partial charge in [0.05, 0.1) is 26.4 Å². The monoisotopic (exact) mass is 481 g/mol. The number of fused-ring (bicyclic) bond motifs is 1. The molecule has 7 nitrogen and oxygen atoms in total. The average Bonchev–Trinajstić information content (AvgIpc) is 3.37. The highest BCUT2D eigenvalue weighted by Crippen LogP contribution is 2.21. The summed E-state index contributed by atoms with van der Waals surface area (Å²) in [5, 5.41) is 4.86. The maximum absolute atomic E-state index is 12.9. The van der Waals surface area contributed by atoms with Gasteiger partial charge >= 0.3 is 0 Å². The van der Waals surface area contributed by atoms with Gasteiger partial charge in [0.15, 0.2) is 5.11 Å². The number of ether oxygens (including phenoxy) is 3. The maximum atomic E-state index is 12.9. The van der Waals surface area contributed by atoms with Crippen molar-refractivity contribution in [2.24, 2.45) is 0 Å². The first kappa shape index (κ1) is 24.0. The van der Waals surface area contributed by atoms with E-state index in [-0.39, 0.29) is 11.7 Å². The molecule has 1 fully saturated rings. The number of nitrogens with one attached hydrogen (secondary N) is 2. The van der Waals surface area contributed by atoms with Crippen LogP contribution in [0.2, 0.25) is 0 Å². The van der Waals surface area contributed by atoms with Gasteiger partial charge in [0.25, 0.3) is 5.56 Å². The van der Waals surface area contributed by atoms with Gasteiger partial charge in [-0.2, -0.15) is 0 Å². The quantitative estimate of drug-likeness (QED) is 0.448. The molecule has 4 rings (SSSR count). The molecule has 0 saturated carbocycles. The first-order chi connectivity index (χ1) is 16.6. The van der Waals surface area contributed by atoms with E-state index in [2.05, 4.69) is 10.3 Å². The van der Waals surface area contributed by atoms with Gasteiger partial charge in [-0.25, -0.2) is 0 Å². The minimum atomic E-state index is -0.127. The van der Waals surface area contributed by atoms with Gasteiger partial charge in [-0.15, -0.1) is 0 Å². The summed E-state index contributed by atoms with van der Waals surface area (Å²) in [6, 6.07) is 15.5. The number of aromatic amines is 1. The molecule has 1 aromatic heterocycles. The van der Waals surface area contributed by atoms with Crippen molar-refractivity contribution >= 4 is 28.2 Å². The van der Waals surface area contributed by atoms with Crippen molar-refractivity contribution < 1.29 is 14.2 Å². The highest BCUT2D eigenvalue weighted by molar-refractivity contribution is 7.80. The summed E-state index contributed by atoms with van der Waals surface area (Å²) in [4.78, 5) is 17.9. The van der Waals surface area contributed by atoms with Gasteiger partial charge < -0.3 is 29.4 Å². The lowest BCUT2D eigenvalue weighted by molar-refractivity contribution is 0.113. The zero-order chi connectivity index (χ0) is 23.9. The van der Waals surface area contributed by atoms with Crippen LogP contribution in [0.5, 0.6) is 11.5 Å². The minimum absolute atomic E-state index is 0.127. The molecule has 180 valence electrons. The molecule has 2 heterocycles. The van der Waals surface area contributed by atoms with Crippen molar-refractivity contribution in [3.05, 3.63) is 70.0 Å². The van der Waals surface area contributed by atoms with E-state index in [0.29, 0.717) is 36.9 Å². The summed E-state index contributed by atoms with van der Waals surface area (Å²) < 4.78 is 16.6. The van der Waals surface area contributed by atoms with E-state index < -0.39 is 0 Å². The molecule has 0 radical (unpaired) electrons.